The molecule has 0 spiro atoms. The zero-order valence-corrected chi connectivity index (χ0v) is 15.8. The summed E-state index contributed by atoms with van der Waals surface area (Å²) in [5.41, 5.74) is 1.68. The lowest BCUT2D eigenvalue weighted by atomic mass is 9.97. The van der Waals surface area contributed by atoms with Crippen molar-refractivity contribution in [2.45, 2.75) is 25.3 Å². The van der Waals surface area contributed by atoms with Gasteiger partial charge in [0.15, 0.2) is 0 Å². The Kier molecular flexibility index (Phi) is 5.61. The monoisotopic (exact) mass is 448 g/mol. The third kappa shape index (κ3) is 3.73. The number of hydroxylamine groups is 1. The van der Waals surface area contributed by atoms with Gasteiger partial charge in [-0.25, -0.2) is 9.45 Å². The van der Waals surface area contributed by atoms with Gasteiger partial charge in [-0.1, -0.05) is 6.08 Å². The maximum Gasteiger partial charge on any atom is 0.125 e. The lowest BCUT2D eigenvalue weighted by Crippen LogP contribution is -2.46. The molecule has 0 aromatic heterocycles. The van der Waals surface area contributed by atoms with E-state index in [1.54, 1.807) is 0 Å². The Morgan fingerprint density at radius 3 is 2.52 bits per heavy atom. The van der Waals surface area contributed by atoms with Crippen molar-refractivity contribution in [3.8, 4) is 0 Å². The van der Waals surface area contributed by atoms with Crippen LogP contribution in [0.4, 0.5) is 10.1 Å². The van der Waals surface area contributed by atoms with Crippen molar-refractivity contribution in [1.82, 2.24) is 4.90 Å². The first kappa shape index (κ1) is 17.2. The van der Waals surface area contributed by atoms with E-state index in [0.29, 0.717) is 27.8 Å². The van der Waals surface area contributed by atoms with Crippen molar-refractivity contribution in [3.63, 3.8) is 0 Å². The lowest BCUT2D eigenvalue weighted by Gasteiger charge is -2.40. The molecule has 4 nitrogen and oxygen atoms in total. The highest BCUT2D eigenvalue weighted by molar-refractivity contribution is 9.11. The molecule has 1 aliphatic carbocycles. The molecule has 3 rings (SSSR count). The minimum absolute atomic E-state index is 0.139. The number of benzene rings is 1. The number of hydrogen-bond acceptors (Lipinski definition) is 4. The SMILES string of the molecule is ON(c1c(Br)cc(F)cc1Br)[C@@H]1CCCC=C1N1CCOCC1. The molecule has 0 amide bonds. The number of allylic oxidation sites excluding steroid dienone is 1. The van der Waals surface area contributed by atoms with Crippen LogP contribution in [-0.2, 0) is 4.74 Å². The molecule has 0 radical (unpaired) electrons. The van der Waals surface area contributed by atoms with Gasteiger partial charge < -0.3 is 9.64 Å². The molecular formula is C16H19Br2FN2O2. The summed E-state index contributed by atoms with van der Waals surface area (Å²) < 4.78 is 20.0. The number of ether oxygens (including phenoxy) is 1. The van der Waals surface area contributed by atoms with E-state index >= 15 is 0 Å². The minimum atomic E-state index is -0.353. The first-order valence-electron chi connectivity index (χ1n) is 7.73. The van der Waals surface area contributed by atoms with Gasteiger partial charge >= 0.3 is 0 Å². The number of nitrogens with zero attached hydrogens (tertiary/aromatic N) is 2. The van der Waals surface area contributed by atoms with Crippen LogP contribution in [0.2, 0.25) is 0 Å². The highest BCUT2D eigenvalue weighted by atomic mass is 79.9. The Hall–Kier alpha value is -0.630. The van der Waals surface area contributed by atoms with Gasteiger partial charge in [-0.15, -0.1) is 0 Å². The third-order valence-corrected chi connectivity index (χ3v) is 5.47. The molecule has 0 saturated carbocycles. The average molecular weight is 450 g/mol. The predicted octanol–water partition coefficient (Wildman–Crippen LogP) is 4.31. The largest absolute Gasteiger partial charge is 0.378 e. The van der Waals surface area contributed by atoms with Crippen LogP contribution < -0.4 is 5.06 Å². The van der Waals surface area contributed by atoms with E-state index in [2.05, 4.69) is 42.8 Å². The molecule has 1 atom stereocenters. The maximum atomic E-state index is 13.5. The lowest BCUT2D eigenvalue weighted by molar-refractivity contribution is 0.0463. The molecule has 1 N–H and O–H groups in total. The van der Waals surface area contributed by atoms with Crippen LogP contribution in [0.5, 0.6) is 0 Å². The first-order chi connectivity index (χ1) is 11.1. The number of hydrogen-bond donors (Lipinski definition) is 1. The maximum absolute atomic E-state index is 13.5. The Morgan fingerprint density at radius 2 is 1.87 bits per heavy atom. The summed E-state index contributed by atoms with van der Waals surface area (Å²) in [4.78, 5) is 2.28. The fraction of sp³-hybridized carbons (Fsp3) is 0.500. The molecule has 1 heterocycles. The van der Waals surface area contributed by atoms with E-state index in [1.807, 2.05) is 0 Å². The molecule has 1 aromatic rings. The molecule has 23 heavy (non-hydrogen) atoms. The van der Waals surface area contributed by atoms with E-state index in [-0.39, 0.29) is 11.9 Å². The quantitative estimate of drug-likeness (QED) is 0.697. The Morgan fingerprint density at radius 1 is 1.22 bits per heavy atom. The third-order valence-electron chi connectivity index (χ3n) is 4.26. The molecule has 126 valence electrons. The molecule has 7 heteroatoms. The van der Waals surface area contributed by atoms with Gasteiger partial charge in [0, 0.05) is 27.7 Å². The summed E-state index contributed by atoms with van der Waals surface area (Å²) in [6.45, 7) is 3.09. The van der Waals surface area contributed by atoms with Crippen molar-refractivity contribution in [3.05, 3.63) is 38.7 Å². The molecular weight excluding hydrogens is 431 g/mol. The van der Waals surface area contributed by atoms with Crippen LogP contribution in [0.25, 0.3) is 0 Å². The van der Waals surface area contributed by atoms with E-state index in [9.17, 15) is 9.60 Å². The van der Waals surface area contributed by atoms with E-state index in [1.165, 1.54) is 17.2 Å². The number of rotatable bonds is 3. The van der Waals surface area contributed by atoms with Crippen molar-refractivity contribution >= 4 is 37.5 Å². The van der Waals surface area contributed by atoms with Gasteiger partial charge in [-0.3, -0.25) is 5.21 Å². The predicted molar refractivity (Wildman–Crippen MR) is 94.2 cm³/mol. The Labute approximate surface area is 152 Å². The second-order valence-electron chi connectivity index (χ2n) is 5.74. The molecule has 1 saturated heterocycles. The minimum Gasteiger partial charge on any atom is -0.378 e. The summed E-state index contributed by atoms with van der Waals surface area (Å²) in [5.74, 6) is -0.353. The molecule has 0 bridgehead atoms. The smallest absolute Gasteiger partial charge is 0.125 e. The second-order valence-corrected chi connectivity index (χ2v) is 7.45. The van der Waals surface area contributed by atoms with Gasteiger partial charge in [-0.05, 0) is 63.3 Å². The molecule has 1 aliphatic heterocycles. The van der Waals surface area contributed by atoms with Gasteiger partial charge in [0.05, 0.1) is 24.9 Å². The van der Waals surface area contributed by atoms with Crippen LogP contribution in [0, 0.1) is 5.82 Å². The standard InChI is InChI=1S/C16H19Br2FN2O2/c17-12-9-11(19)10-13(18)16(12)21(22)15-4-2-1-3-14(15)20-5-7-23-8-6-20/h3,9-10,15,22H,1-2,4-8H2/t15-/m1/s1. The zero-order chi connectivity index (χ0) is 16.4. The van der Waals surface area contributed by atoms with E-state index in [4.69, 9.17) is 4.74 Å². The number of anilines is 1. The number of halogens is 3. The van der Waals surface area contributed by atoms with Crippen LogP contribution >= 0.6 is 31.9 Å². The fourth-order valence-electron chi connectivity index (χ4n) is 3.16. The molecule has 1 fully saturated rings. The fourth-order valence-corrected chi connectivity index (χ4v) is 4.66. The highest BCUT2D eigenvalue weighted by Gasteiger charge is 2.30. The van der Waals surface area contributed by atoms with Crippen molar-refractivity contribution < 1.29 is 14.3 Å². The number of morpholine rings is 1. The van der Waals surface area contributed by atoms with Gasteiger partial charge in [0.2, 0.25) is 0 Å². The normalized spacial score (nSPS) is 22.0. The van der Waals surface area contributed by atoms with Gasteiger partial charge in [-0.2, -0.15) is 0 Å². The molecule has 1 aromatic carbocycles. The van der Waals surface area contributed by atoms with Crippen LogP contribution in [0.15, 0.2) is 32.9 Å². The van der Waals surface area contributed by atoms with Crippen molar-refractivity contribution in [1.29, 1.82) is 0 Å². The van der Waals surface area contributed by atoms with Gasteiger partial charge in [0.1, 0.15) is 5.82 Å². The van der Waals surface area contributed by atoms with Crippen LogP contribution in [0.3, 0.4) is 0 Å². The summed E-state index contributed by atoms with van der Waals surface area (Å²) in [6.07, 6.45) is 5.10. The van der Waals surface area contributed by atoms with Crippen LogP contribution in [-0.4, -0.2) is 42.5 Å². The summed E-state index contributed by atoms with van der Waals surface area (Å²) >= 11 is 6.71. The topological polar surface area (TPSA) is 35.9 Å². The Bertz CT molecular complexity index is 583. The van der Waals surface area contributed by atoms with E-state index in [0.717, 1.165) is 38.0 Å². The average Bonchev–Trinajstić information content (AvgIpc) is 2.54. The molecule has 2 aliphatic rings. The molecule has 0 unspecified atom stereocenters. The highest BCUT2D eigenvalue weighted by Crippen LogP contribution is 2.38. The summed E-state index contributed by atoms with van der Waals surface area (Å²) in [5, 5.41) is 12.1. The summed E-state index contributed by atoms with van der Waals surface area (Å²) in [6, 6.07) is 2.59. The van der Waals surface area contributed by atoms with Crippen molar-refractivity contribution in [2.24, 2.45) is 0 Å². The van der Waals surface area contributed by atoms with Crippen LogP contribution in [0.1, 0.15) is 19.3 Å². The summed E-state index contributed by atoms with van der Waals surface area (Å²) in [7, 11) is 0. The van der Waals surface area contributed by atoms with Crippen molar-refractivity contribution in [2.75, 3.05) is 31.4 Å². The zero-order valence-electron chi connectivity index (χ0n) is 12.6. The Balaban J connectivity index is 1.89. The van der Waals surface area contributed by atoms with Gasteiger partial charge in [0.25, 0.3) is 0 Å². The first-order valence-corrected chi connectivity index (χ1v) is 9.32. The van der Waals surface area contributed by atoms with E-state index < -0.39 is 0 Å². The second kappa shape index (κ2) is 7.51.